The smallest absolute Gasteiger partial charge is 0.333 e. The fourth-order valence-electron chi connectivity index (χ4n) is 1.01. The Morgan fingerprint density at radius 3 is 2.44 bits per heavy atom. The van der Waals surface area contributed by atoms with Gasteiger partial charge in [0.1, 0.15) is 6.61 Å². The number of urea groups is 1. The molecule has 2 amide bonds. The molecule has 0 saturated heterocycles. The van der Waals surface area contributed by atoms with E-state index >= 15 is 0 Å². The summed E-state index contributed by atoms with van der Waals surface area (Å²) in [6, 6.07) is -0.280. The molecule has 0 spiro atoms. The van der Waals surface area contributed by atoms with E-state index in [4.69, 9.17) is 9.47 Å². The minimum absolute atomic E-state index is 0.137. The molecular formula is C12H22N2O4. The summed E-state index contributed by atoms with van der Waals surface area (Å²) in [4.78, 5) is 22.2. The van der Waals surface area contributed by atoms with Crippen LogP contribution in [0.4, 0.5) is 4.79 Å². The highest BCUT2D eigenvalue weighted by atomic mass is 16.5. The fraction of sp³-hybridized carbons (Fsp3) is 0.667. The Kier molecular flexibility index (Phi) is 9.67. The normalized spacial score (nSPS) is 9.67. The SMILES string of the molecule is C=C(C)C(=O)OCCNC(=O)NCCCOCC. The maximum atomic E-state index is 11.2. The van der Waals surface area contributed by atoms with Crippen molar-refractivity contribution < 1.29 is 19.1 Å². The zero-order valence-corrected chi connectivity index (χ0v) is 11.1. The maximum Gasteiger partial charge on any atom is 0.333 e. The standard InChI is InChI=1S/C12H22N2O4/c1-4-17-8-5-6-13-12(16)14-7-9-18-11(15)10(2)3/h2,4-9H2,1,3H3,(H2,13,14,16). The summed E-state index contributed by atoms with van der Waals surface area (Å²) >= 11 is 0. The monoisotopic (exact) mass is 258 g/mol. The highest BCUT2D eigenvalue weighted by Gasteiger charge is 2.03. The van der Waals surface area contributed by atoms with E-state index in [1.807, 2.05) is 6.92 Å². The molecule has 0 atom stereocenters. The van der Waals surface area contributed by atoms with Crippen LogP contribution in [-0.4, -0.2) is 44.9 Å². The Morgan fingerprint density at radius 1 is 1.17 bits per heavy atom. The van der Waals surface area contributed by atoms with Gasteiger partial charge in [-0.1, -0.05) is 6.58 Å². The lowest BCUT2D eigenvalue weighted by Gasteiger charge is -2.08. The number of rotatable bonds is 9. The highest BCUT2D eigenvalue weighted by Crippen LogP contribution is 1.90. The van der Waals surface area contributed by atoms with Gasteiger partial charge in [0, 0.05) is 25.3 Å². The summed E-state index contributed by atoms with van der Waals surface area (Å²) in [5.74, 6) is -0.450. The lowest BCUT2D eigenvalue weighted by Crippen LogP contribution is -2.38. The second-order valence-corrected chi connectivity index (χ2v) is 3.65. The largest absolute Gasteiger partial charge is 0.460 e. The quantitative estimate of drug-likeness (QED) is 0.365. The van der Waals surface area contributed by atoms with E-state index in [2.05, 4.69) is 17.2 Å². The van der Waals surface area contributed by atoms with Crippen LogP contribution in [0.15, 0.2) is 12.2 Å². The third kappa shape index (κ3) is 9.65. The Bertz CT molecular complexity index is 279. The van der Waals surface area contributed by atoms with Gasteiger partial charge in [-0.15, -0.1) is 0 Å². The molecule has 0 heterocycles. The van der Waals surface area contributed by atoms with Gasteiger partial charge in [-0.2, -0.15) is 0 Å². The second kappa shape index (κ2) is 10.6. The average molecular weight is 258 g/mol. The van der Waals surface area contributed by atoms with Gasteiger partial charge in [0.2, 0.25) is 0 Å². The van der Waals surface area contributed by atoms with Gasteiger partial charge in [0.15, 0.2) is 0 Å². The summed E-state index contributed by atoms with van der Waals surface area (Å²) in [7, 11) is 0. The first-order valence-electron chi connectivity index (χ1n) is 6.00. The molecule has 0 bridgehead atoms. The predicted molar refractivity (Wildman–Crippen MR) is 68.3 cm³/mol. The molecule has 6 nitrogen and oxygen atoms in total. The van der Waals surface area contributed by atoms with Gasteiger partial charge in [-0.25, -0.2) is 9.59 Å². The first kappa shape index (κ1) is 16.4. The molecule has 18 heavy (non-hydrogen) atoms. The van der Waals surface area contributed by atoms with Crippen molar-refractivity contribution >= 4 is 12.0 Å². The Labute approximate surface area is 108 Å². The zero-order valence-electron chi connectivity index (χ0n) is 11.1. The topological polar surface area (TPSA) is 76.7 Å². The lowest BCUT2D eigenvalue weighted by atomic mass is 10.4. The molecule has 104 valence electrons. The molecular weight excluding hydrogens is 236 g/mol. The number of esters is 1. The minimum Gasteiger partial charge on any atom is -0.460 e. The van der Waals surface area contributed by atoms with Gasteiger partial charge in [0.25, 0.3) is 0 Å². The van der Waals surface area contributed by atoms with E-state index in [1.54, 1.807) is 6.92 Å². The number of hydrogen-bond donors (Lipinski definition) is 2. The Morgan fingerprint density at radius 2 is 1.83 bits per heavy atom. The lowest BCUT2D eigenvalue weighted by molar-refractivity contribution is -0.138. The van der Waals surface area contributed by atoms with Gasteiger partial charge < -0.3 is 20.1 Å². The van der Waals surface area contributed by atoms with Crippen LogP contribution in [0.1, 0.15) is 20.3 Å². The van der Waals surface area contributed by atoms with E-state index < -0.39 is 5.97 Å². The van der Waals surface area contributed by atoms with Crippen LogP contribution in [0.5, 0.6) is 0 Å². The van der Waals surface area contributed by atoms with E-state index in [0.717, 1.165) is 6.42 Å². The number of hydrogen-bond acceptors (Lipinski definition) is 4. The van der Waals surface area contributed by atoms with E-state index in [9.17, 15) is 9.59 Å². The van der Waals surface area contributed by atoms with Gasteiger partial charge in [-0.3, -0.25) is 0 Å². The molecule has 0 aliphatic heterocycles. The van der Waals surface area contributed by atoms with Crippen LogP contribution in [0.25, 0.3) is 0 Å². The number of carbonyl (C=O) groups is 2. The molecule has 0 saturated carbocycles. The Hall–Kier alpha value is -1.56. The molecule has 2 N–H and O–H groups in total. The maximum absolute atomic E-state index is 11.2. The van der Waals surface area contributed by atoms with Crippen molar-refractivity contribution in [2.75, 3.05) is 32.9 Å². The van der Waals surface area contributed by atoms with Crippen LogP contribution in [-0.2, 0) is 14.3 Å². The predicted octanol–water partition coefficient (Wildman–Crippen LogP) is 0.831. The molecule has 0 unspecified atom stereocenters. The molecule has 0 aromatic carbocycles. The van der Waals surface area contributed by atoms with Crippen molar-refractivity contribution in [2.45, 2.75) is 20.3 Å². The molecule has 0 fully saturated rings. The third-order valence-electron chi connectivity index (χ3n) is 1.92. The second-order valence-electron chi connectivity index (χ2n) is 3.65. The summed E-state index contributed by atoms with van der Waals surface area (Å²) in [5, 5.41) is 5.23. The summed E-state index contributed by atoms with van der Waals surface area (Å²) < 4.78 is 9.94. The highest BCUT2D eigenvalue weighted by molar-refractivity contribution is 5.86. The minimum atomic E-state index is -0.450. The van der Waals surface area contributed by atoms with Crippen LogP contribution in [0.2, 0.25) is 0 Å². The van der Waals surface area contributed by atoms with Crippen LogP contribution in [0.3, 0.4) is 0 Å². The summed E-state index contributed by atoms with van der Waals surface area (Å²) in [6.45, 7) is 9.22. The van der Waals surface area contributed by atoms with E-state index in [1.165, 1.54) is 0 Å². The van der Waals surface area contributed by atoms with Crippen LogP contribution >= 0.6 is 0 Å². The zero-order chi connectivity index (χ0) is 13.8. The summed E-state index contributed by atoms with van der Waals surface area (Å²) in [5.41, 5.74) is 0.343. The number of carbonyl (C=O) groups excluding carboxylic acids is 2. The first-order chi connectivity index (χ1) is 8.57. The van der Waals surface area contributed by atoms with E-state index in [-0.39, 0.29) is 19.2 Å². The molecule has 6 heteroatoms. The Balaban J connectivity index is 3.37. The fourth-order valence-corrected chi connectivity index (χ4v) is 1.01. The molecule has 0 aromatic rings. The third-order valence-corrected chi connectivity index (χ3v) is 1.92. The number of nitrogens with one attached hydrogen (secondary N) is 2. The number of ether oxygens (including phenoxy) is 2. The number of amides is 2. The van der Waals surface area contributed by atoms with Gasteiger partial charge in [-0.05, 0) is 20.3 Å². The molecule has 0 aliphatic rings. The molecule has 0 aliphatic carbocycles. The van der Waals surface area contributed by atoms with Crippen molar-refractivity contribution in [1.82, 2.24) is 10.6 Å². The average Bonchev–Trinajstić information content (AvgIpc) is 2.34. The summed E-state index contributed by atoms with van der Waals surface area (Å²) in [6.07, 6.45) is 0.770. The van der Waals surface area contributed by atoms with Crippen molar-refractivity contribution in [3.63, 3.8) is 0 Å². The molecule has 0 aromatic heterocycles. The van der Waals surface area contributed by atoms with Crippen molar-refractivity contribution in [3.05, 3.63) is 12.2 Å². The molecule has 0 rings (SSSR count). The molecule has 0 radical (unpaired) electrons. The van der Waals surface area contributed by atoms with Gasteiger partial charge in [0.05, 0.1) is 6.54 Å². The van der Waals surface area contributed by atoms with Gasteiger partial charge >= 0.3 is 12.0 Å². The van der Waals surface area contributed by atoms with Crippen LogP contribution in [0, 0.1) is 0 Å². The van der Waals surface area contributed by atoms with Crippen molar-refractivity contribution in [1.29, 1.82) is 0 Å². The van der Waals surface area contributed by atoms with Crippen molar-refractivity contribution in [3.8, 4) is 0 Å². The van der Waals surface area contributed by atoms with Crippen LogP contribution < -0.4 is 10.6 Å². The first-order valence-corrected chi connectivity index (χ1v) is 6.00. The van der Waals surface area contributed by atoms with Crippen molar-refractivity contribution in [2.24, 2.45) is 0 Å². The van der Waals surface area contributed by atoms with E-state index in [0.29, 0.717) is 25.3 Å².